The number of nitrogens with zero attached hydrogens (tertiary/aromatic N) is 4. The third kappa shape index (κ3) is 4.14. The van der Waals surface area contributed by atoms with Crippen LogP contribution in [-0.4, -0.2) is 44.0 Å². The van der Waals surface area contributed by atoms with Gasteiger partial charge in [-0.05, 0) is 43.7 Å². The topological polar surface area (TPSA) is 98.4 Å². The number of ether oxygens (including phenoxy) is 1. The molecule has 2 heterocycles. The number of sulfone groups is 1. The summed E-state index contributed by atoms with van der Waals surface area (Å²) < 4.78 is 34.5. The van der Waals surface area contributed by atoms with Crippen LogP contribution in [-0.2, 0) is 16.3 Å². The smallest absolute Gasteiger partial charge is 0.235 e. The molecule has 148 valence electrons. The van der Waals surface area contributed by atoms with E-state index in [-0.39, 0.29) is 4.90 Å². The zero-order valence-electron chi connectivity index (χ0n) is 16.4. The first-order valence-corrected chi connectivity index (χ1v) is 10.4. The molecule has 0 aliphatic heterocycles. The molecule has 3 rings (SSSR count). The maximum atomic E-state index is 11.9. The lowest BCUT2D eigenvalue weighted by Gasteiger charge is -2.16. The summed E-state index contributed by atoms with van der Waals surface area (Å²) in [6, 6.07) is 6.66. The van der Waals surface area contributed by atoms with Gasteiger partial charge in [-0.15, -0.1) is 0 Å². The fourth-order valence-corrected chi connectivity index (χ4v) is 3.42. The third-order valence-corrected chi connectivity index (χ3v) is 5.53. The first kappa shape index (κ1) is 19.8. The highest BCUT2D eigenvalue weighted by Gasteiger charge is 2.17. The van der Waals surface area contributed by atoms with E-state index in [1.54, 1.807) is 29.3 Å². The van der Waals surface area contributed by atoms with Gasteiger partial charge in [0.1, 0.15) is 17.4 Å². The van der Waals surface area contributed by atoms with Gasteiger partial charge in [-0.25, -0.2) is 18.4 Å². The molecule has 0 radical (unpaired) electrons. The van der Waals surface area contributed by atoms with Crippen LogP contribution in [0, 0.1) is 13.8 Å². The molecule has 0 bridgehead atoms. The van der Waals surface area contributed by atoms with E-state index >= 15 is 0 Å². The van der Waals surface area contributed by atoms with Crippen molar-refractivity contribution in [1.29, 1.82) is 0 Å². The van der Waals surface area contributed by atoms with Gasteiger partial charge < -0.3 is 9.26 Å². The molecule has 0 fully saturated rings. The summed E-state index contributed by atoms with van der Waals surface area (Å²) in [5.74, 6) is 2.28. The quantitative estimate of drug-likeness (QED) is 0.621. The number of methoxy groups -OCH3 is 1. The second kappa shape index (κ2) is 7.59. The second-order valence-corrected chi connectivity index (χ2v) is 8.57. The maximum Gasteiger partial charge on any atom is 0.235 e. The lowest BCUT2D eigenvalue weighted by molar-refractivity contribution is 0.413. The van der Waals surface area contributed by atoms with E-state index < -0.39 is 9.84 Å². The summed E-state index contributed by atoms with van der Waals surface area (Å²) >= 11 is 0. The first-order valence-electron chi connectivity index (χ1n) is 8.55. The molecule has 0 aliphatic rings. The molecule has 3 aromatic rings. The van der Waals surface area contributed by atoms with Crippen LogP contribution < -0.4 is 9.64 Å². The van der Waals surface area contributed by atoms with Crippen LogP contribution in [0.2, 0.25) is 0 Å². The van der Waals surface area contributed by atoms with E-state index in [0.29, 0.717) is 29.7 Å². The number of rotatable bonds is 6. The molecule has 2 aromatic heterocycles. The Kier molecular flexibility index (Phi) is 5.37. The van der Waals surface area contributed by atoms with Gasteiger partial charge in [0, 0.05) is 31.5 Å². The fraction of sp³-hybridized carbons (Fsp3) is 0.316. The van der Waals surface area contributed by atoms with E-state index in [9.17, 15) is 8.42 Å². The highest BCUT2D eigenvalue weighted by molar-refractivity contribution is 7.90. The molecule has 8 nitrogen and oxygen atoms in total. The van der Waals surface area contributed by atoms with Crippen molar-refractivity contribution in [2.24, 2.45) is 0 Å². The highest BCUT2D eigenvalue weighted by Crippen LogP contribution is 2.27. The number of anilines is 2. The molecule has 9 heteroatoms. The van der Waals surface area contributed by atoms with Crippen LogP contribution in [0.5, 0.6) is 5.75 Å². The molecule has 0 atom stereocenters. The Balaban J connectivity index is 1.92. The van der Waals surface area contributed by atoms with Crippen molar-refractivity contribution in [3.63, 3.8) is 0 Å². The monoisotopic (exact) mass is 402 g/mol. The second-order valence-electron chi connectivity index (χ2n) is 6.55. The predicted octanol–water partition coefficient (Wildman–Crippen LogP) is 2.85. The predicted molar refractivity (Wildman–Crippen MR) is 105 cm³/mol. The average Bonchev–Trinajstić information content (AvgIpc) is 2.99. The van der Waals surface area contributed by atoms with Crippen LogP contribution in [0.1, 0.15) is 22.6 Å². The number of aromatic nitrogens is 3. The van der Waals surface area contributed by atoms with Crippen molar-refractivity contribution in [2.45, 2.75) is 25.2 Å². The van der Waals surface area contributed by atoms with E-state index in [1.807, 2.05) is 20.9 Å². The Labute approximate surface area is 164 Å². The molecule has 0 N–H and O–H groups in total. The van der Waals surface area contributed by atoms with Crippen molar-refractivity contribution in [2.75, 3.05) is 25.3 Å². The van der Waals surface area contributed by atoms with Crippen molar-refractivity contribution >= 4 is 21.5 Å². The number of hydrogen-bond acceptors (Lipinski definition) is 8. The molecule has 0 saturated heterocycles. The molecule has 0 aliphatic carbocycles. The summed E-state index contributed by atoms with van der Waals surface area (Å²) in [5.41, 5.74) is 2.50. The van der Waals surface area contributed by atoms with Crippen molar-refractivity contribution < 1.29 is 17.7 Å². The Morgan fingerprint density at radius 1 is 1.21 bits per heavy atom. The van der Waals surface area contributed by atoms with E-state index in [2.05, 4.69) is 15.1 Å². The standard InChI is InChI=1S/C19H22N4O4S/c1-12-13(2)22-27-19(12)23(3)18-6-7-20-17(21-18)10-14-8-15(26-4)11-16(9-14)28(5,24)25/h6-9,11H,10H2,1-5H3. The van der Waals surface area contributed by atoms with E-state index in [0.717, 1.165) is 16.8 Å². The Morgan fingerprint density at radius 3 is 2.57 bits per heavy atom. The Hall–Kier alpha value is -2.94. The SMILES string of the molecule is COc1cc(Cc2nccc(N(C)c3onc(C)c3C)n2)cc(S(C)(=O)=O)c1. The molecule has 0 amide bonds. The fourth-order valence-electron chi connectivity index (χ4n) is 2.73. The first-order chi connectivity index (χ1) is 13.2. The summed E-state index contributed by atoms with van der Waals surface area (Å²) in [4.78, 5) is 10.9. The summed E-state index contributed by atoms with van der Waals surface area (Å²) in [6.07, 6.45) is 3.18. The van der Waals surface area contributed by atoms with Gasteiger partial charge in [-0.1, -0.05) is 5.16 Å². The van der Waals surface area contributed by atoms with Crippen LogP contribution in [0.15, 0.2) is 39.9 Å². The normalized spacial score (nSPS) is 11.5. The zero-order valence-corrected chi connectivity index (χ0v) is 17.2. The molecule has 0 saturated carbocycles. The van der Waals surface area contributed by atoms with Crippen molar-refractivity contribution in [3.05, 3.63) is 53.1 Å². The van der Waals surface area contributed by atoms with Gasteiger partial charge >= 0.3 is 0 Å². The average molecular weight is 402 g/mol. The molecular weight excluding hydrogens is 380 g/mol. The molecule has 28 heavy (non-hydrogen) atoms. The van der Waals surface area contributed by atoms with Gasteiger partial charge in [-0.2, -0.15) is 0 Å². The summed E-state index contributed by atoms with van der Waals surface area (Å²) in [5, 5.41) is 3.97. The van der Waals surface area contributed by atoms with Crippen LogP contribution >= 0.6 is 0 Å². The van der Waals surface area contributed by atoms with Gasteiger partial charge in [0.15, 0.2) is 9.84 Å². The number of aryl methyl sites for hydroxylation is 1. The van der Waals surface area contributed by atoms with Crippen molar-refractivity contribution in [3.8, 4) is 5.75 Å². The lowest BCUT2D eigenvalue weighted by atomic mass is 10.1. The Bertz CT molecular complexity index is 1110. The number of benzene rings is 1. The molecular formula is C19H22N4O4S. The minimum absolute atomic E-state index is 0.197. The molecule has 0 unspecified atom stereocenters. The Morgan fingerprint density at radius 2 is 1.96 bits per heavy atom. The zero-order chi connectivity index (χ0) is 20.5. The minimum atomic E-state index is -3.36. The molecule has 1 aromatic carbocycles. The van der Waals surface area contributed by atoms with Gasteiger partial charge in [0.2, 0.25) is 5.88 Å². The van der Waals surface area contributed by atoms with Crippen LogP contribution in [0.4, 0.5) is 11.7 Å². The highest BCUT2D eigenvalue weighted by atomic mass is 32.2. The van der Waals surface area contributed by atoms with Crippen molar-refractivity contribution in [1.82, 2.24) is 15.1 Å². The van der Waals surface area contributed by atoms with Gasteiger partial charge in [-0.3, -0.25) is 4.90 Å². The minimum Gasteiger partial charge on any atom is -0.497 e. The third-order valence-electron chi connectivity index (χ3n) is 4.44. The largest absolute Gasteiger partial charge is 0.497 e. The van der Waals surface area contributed by atoms with Gasteiger partial charge in [0.05, 0.1) is 17.7 Å². The van der Waals surface area contributed by atoms with E-state index in [1.165, 1.54) is 19.4 Å². The van der Waals surface area contributed by atoms with Gasteiger partial charge in [0.25, 0.3) is 0 Å². The van der Waals surface area contributed by atoms with Crippen LogP contribution in [0.3, 0.4) is 0 Å². The van der Waals surface area contributed by atoms with Crippen LogP contribution in [0.25, 0.3) is 0 Å². The number of hydrogen-bond donors (Lipinski definition) is 0. The lowest BCUT2D eigenvalue weighted by Crippen LogP contribution is -2.13. The summed E-state index contributed by atoms with van der Waals surface area (Å²) in [7, 11) is -0.0200. The molecule has 0 spiro atoms. The maximum absolute atomic E-state index is 11.9. The van der Waals surface area contributed by atoms with E-state index in [4.69, 9.17) is 9.26 Å². The summed E-state index contributed by atoms with van der Waals surface area (Å²) in [6.45, 7) is 3.81.